The highest BCUT2D eigenvalue weighted by Crippen LogP contribution is 2.26. The highest BCUT2D eigenvalue weighted by molar-refractivity contribution is 5.98. The number of anilines is 2. The Kier molecular flexibility index (Phi) is 4.12. The Balaban J connectivity index is 1.77. The van der Waals surface area contributed by atoms with E-state index in [2.05, 4.69) is 21.0 Å². The van der Waals surface area contributed by atoms with Crippen LogP contribution in [0.4, 0.5) is 11.4 Å². The van der Waals surface area contributed by atoms with Crippen molar-refractivity contribution in [3.8, 4) is 0 Å². The maximum atomic E-state index is 12.5. The lowest BCUT2D eigenvalue weighted by Gasteiger charge is -2.19. The number of aromatic nitrogens is 2. The number of rotatable bonds is 4. The first-order valence-electron chi connectivity index (χ1n) is 7.46. The zero-order valence-corrected chi connectivity index (χ0v) is 13.1. The Morgan fingerprint density at radius 3 is 2.91 bits per heavy atom. The number of nitrogens with zero attached hydrogens (tertiary/aromatic N) is 2. The number of benzene rings is 1. The number of hydrogen-bond acceptors (Lipinski definition) is 4. The van der Waals surface area contributed by atoms with Gasteiger partial charge in [0.2, 0.25) is 11.8 Å². The van der Waals surface area contributed by atoms with Crippen LogP contribution in [0.1, 0.15) is 23.6 Å². The molecule has 1 aliphatic rings. The lowest BCUT2D eigenvalue weighted by atomic mass is 10.0. The number of amides is 2. The van der Waals surface area contributed by atoms with E-state index in [-0.39, 0.29) is 11.8 Å². The fourth-order valence-corrected chi connectivity index (χ4v) is 2.70. The molecule has 7 heteroatoms. The molecule has 0 bridgehead atoms. The van der Waals surface area contributed by atoms with Crippen LogP contribution >= 0.6 is 0 Å². The van der Waals surface area contributed by atoms with Gasteiger partial charge in [0.1, 0.15) is 6.04 Å². The fraction of sp³-hybridized carbons (Fsp3) is 0.312. The van der Waals surface area contributed by atoms with Gasteiger partial charge >= 0.3 is 0 Å². The average Bonchev–Trinajstić information content (AvgIpc) is 2.93. The van der Waals surface area contributed by atoms with Crippen molar-refractivity contribution in [1.82, 2.24) is 15.1 Å². The van der Waals surface area contributed by atoms with Crippen LogP contribution in [0.5, 0.6) is 0 Å². The molecule has 2 heterocycles. The van der Waals surface area contributed by atoms with Gasteiger partial charge in [0, 0.05) is 36.6 Å². The van der Waals surface area contributed by atoms with Crippen LogP contribution < -0.4 is 16.0 Å². The minimum atomic E-state index is -0.491. The first kappa shape index (κ1) is 15.2. The second-order valence-electron chi connectivity index (χ2n) is 5.58. The zero-order valence-electron chi connectivity index (χ0n) is 13.1. The quantitative estimate of drug-likeness (QED) is 0.791. The van der Waals surface area contributed by atoms with E-state index in [1.165, 1.54) is 0 Å². The summed E-state index contributed by atoms with van der Waals surface area (Å²) in [7, 11) is 3.53. The maximum Gasteiger partial charge on any atom is 0.246 e. The monoisotopic (exact) mass is 313 g/mol. The third kappa shape index (κ3) is 3.24. The molecule has 1 aromatic heterocycles. The Morgan fingerprint density at radius 2 is 2.22 bits per heavy atom. The molecular formula is C16H19N5O2. The third-order valence-electron chi connectivity index (χ3n) is 3.88. The standard InChI is InChI=1S/C16H19N5O2/c1-17-15(11-8-18-21(2)9-11)16(23)19-12-5-3-10-4-6-14(22)20-13(10)7-12/h3,5,7-9,15,17H,4,6H2,1-2H3,(H,19,23)(H,20,22). The van der Waals surface area contributed by atoms with Crippen LogP contribution in [-0.4, -0.2) is 28.6 Å². The van der Waals surface area contributed by atoms with Gasteiger partial charge in [-0.2, -0.15) is 5.10 Å². The minimum Gasteiger partial charge on any atom is -0.326 e. The van der Waals surface area contributed by atoms with Crippen LogP contribution in [0.15, 0.2) is 30.6 Å². The SMILES string of the molecule is CNC(C(=O)Nc1ccc2c(c1)NC(=O)CC2)c1cnn(C)c1. The van der Waals surface area contributed by atoms with Gasteiger partial charge in [-0.25, -0.2) is 0 Å². The summed E-state index contributed by atoms with van der Waals surface area (Å²) >= 11 is 0. The molecule has 0 saturated carbocycles. The Hall–Kier alpha value is -2.67. The molecule has 3 N–H and O–H groups in total. The summed E-state index contributed by atoms with van der Waals surface area (Å²) in [5.74, 6) is -0.174. The predicted molar refractivity (Wildman–Crippen MR) is 87.0 cm³/mol. The second kappa shape index (κ2) is 6.21. The minimum absolute atomic E-state index is 0.00411. The lowest BCUT2D eigenvalue weighted by molar-refractivity contribution is -0.118. The second-order valence-corrected chi connectivity index (χ2v) is 5.58. The summed E-state index contributed by atoms with van der Waals surface area (Å²) in [6.45, 7) is 0. The molecule has 0 saturated heterocycles. The first-order chi connectivity index (χ1) is 11.1. The van der Waals surface area contributed by atoms with Gasteiger partial charge in [-0.15, -0.1) is 0 Å². The van der Waals surface area contributed by atoms with E-state index in [0.717, 1.165) is 23.2 Å². The molecule has 1 aliphatic heterocycles. The Labute approximate surface area is 134 Å². The van der Waals surface area contributed by atoms with E-state index in [0.29, 0.717) is 12.1 Å². The highest BCUT2D eigenvalue weighted by atomic mass is 16.2. The average molecular weight is 313 g/mol. The summed E-state index contributed by atoms with van der Waals surface area (Å²) in [4.78, 5) is 24.0. The molecular weight excluding hydrogens is 294 g/mol. The number of aryl methyl sites for hydroxylation is 2. The normalized spacial score (nSPS) is 14.8. The lowest BCUT2D eigenvalue weighted by Crippen LogP contribution is -2.30. The van der Waals surface area contributed by atoms with Crippen molar-refractivity contribution in [3.05, 3.63) is 41.7 Å². The molecule has 2 amide bonds. The molecule has 1 aromatic carbocycles. The summed E-state index contributed by atoms with van der Waals surface area (Å²) in [6, 6.07) is 5.09. The van der Waals surface area contributed by atoms with E-state index in [4.69, 9.17) is 0 Å². The van der Waals surface area contributed by atoms with E-state index < -0.39 is 6.04 Å². The van der Waals surface area contributed by atoms with Gasteiger partial charge in [0.05, 0.1) is 6.20 Å². The molecule has 120 valence electrons. The van der Waals surface area contributed by atoms with Crippen molar-refractivity contribution in [2.45, 2.75) is 18.9 Å². The van der Waals surface area contributed by atoms with Gasteiger partial charge in [0.25, 0.3) is 0 Å². The van der Waals surface area contributed by atoms with Gasteiger partial charge in [-0.1, -0.05) is 6.07 Å². The van der Waals surface area contributed by atoms with Gasteiger partial charge in [-0.05, 0) is 31.2 Å². The zero-order chi connectivity index (χ0) is 16.4. The molecule has 0 fully saturated rings. The summed E-state index contributed by atoms with van der Waals surface area (Å²) < 4.78 is 1.65. The highest BCUT2D eigenvalue weighted by Gasteiger charge is 2.21. The summed E-state index contributed by atoms with van der Waals surface area (Å²) in [6.07, 6.45) is 4.69. The molecule has 0 spiro atoms. The smallest absolute Gasteiger partial charge is 0.246 e. The molecule has 1 unspecified atom stereocenters. The van der Waals surface area contributed by atoms with Crippen molar-refractivity contribution in [2.24, 2.45) is 7.05 Å². The number of hydrogen-bond donors (Lipinski definition) is 3. The van der Waals surface area contributed by atoms with Gasteiger partial charge < -0.3 is 16.0 Å². The van der Waals surface area contributed by atoms with Crippen molar-refractivity contribution < 1.29 is 9.59 Å². The van der Waals surface area contributed by atoms with E-state index in [1.54, 1.807) is 37.2 Å². The molecule has 23 heavy (non-hydrogen) atoms. The predicted octanol–water partition coefficient (Wildman–Crippen LogP) is 1.20. The number of nitrogens with one attached hydrogen (secondary N) is 3. The van der Waals surface area contributed by atoms with Crippen LogP contribution in [0.3, 0.4) is 0 Å². The van der Waals surface area contributed by atoms with Crippen LogP contribution in [0.25, 0.3) is 0 Å². The number of likely N-dealkylation sites (N-methyl/N-ethyl adjacent to an activating group) is 1. The number of carbonyl (C=O) groups excluding carboxylic acids is 2. The van der Waals surface area contributed by atoms with E-state index in [1.807, 2.05) is 12.1 Å². The summed E-state index contributed by atoms with van der Waals surface area (Å²) in [5.41, 5.74) is 3.29. The molecule has 3 rings (SSSR count). The number of fused-ring (bicyclic) bond motifs is 1. The topological polar surface area (TPSA) is 88.1 Å². The maximum absolute atomic E-state index is 12.5. The van der Waals surface area contributed by atoms with Crippen LogP contribution in [0.2, 0.25) is 0 Å². The van der Waals surface area contributed by atoms with Crippen LogP contribution in [0, 0.1) is 0 Å². The molecule has 7 nitrogen and oxygen atoms in total. The van der Waals surface area contributed by atoms with Crippen molar-refractivity contribution >= 4 is 23.2 Å². The Bertz CT molecular complexity index is 753. The third-order valence-corrected chi connectivity index (χ3v) is 3.88. The summed E-state index contributed by atoms with van der Waals surface area (Å²) in [5, 5.41) is 12.8. The van der Waals surface area contributed by atoms with Gasteiger partial charge in [0.15, 0.2) is 0 Å². The molecule has 1 atom stereocenters. The largest absolute Gasteiger partial charge is 0.326 e. The number of carbonyl (C=O) groups is 2. The van der Waals surface area contributed by atoms with Gasteiger partial charge in [-0.3, -0.25) is 14.3 Å². The van der Waals surface area contributed by atoms with Crippen molar-refractivity contribution in [2.75, 3.05) is 17.7 Å². The first-order valence-corrected chi connectivity index (χ1v) is 7.46. The van der Waals surface area contributed by atoms with E-state index >= 15 is 0 Å². The molecule has 0 radical (unpaired) electrons. The fourth-order valence-electron chi connectivity index (χ4n) is 2.70. The van der Waals surface area contributed by atoms with E-state index in [9.17, 15) is 9.59 Å². The van der Waals surface area contributed by atoms with Crippen LogP contribution in [-0.2, 0) is 23.1 Å². The molecule has 2 aromatic rings. The Morgan fingerprint density at radius 1 is 1.39 bits per heavy atom. The van der Waals surface area contributed by atoms with Crippen molar-refractivity contribution in [1.29, 1.82) is 0 Å². The molecule has 0 aliphatic carbocycles. The van der Waals surface area contributed by atoms with Crippen molar-refractivity contribution in [3.63, 3.8) is 0 Å².